The zero-order chi connectivity index (χ0) is 21.3. The predicted octanol–water partition coefficient (Wildman–Crippen LogP) is 5.89. The van der Waals surface area contributed by atoms with Crippen LogP contribution in [0.5, 0.6) is 0 Å². The number of carboxylic acid groups (broad SMARTS) is 1. The molecule has 29 heavy (non-hydrogen) atoms. The number of halogens is 2. The van der Waals surface area contributed by atoms with Crippen LogP contribution in [0.15, 0.2) is 46.2 Å². The molecule has 7 heteroatoms. The van der Waals surface area contributed by atoms with Crippen molar-refractivity contribution in [3.8, 4) is 0 Å². The molecule has 154 valence electrons. The predicted molar refractivity (Wildman–Crippen MR) is 117 cm³/mol. The minimum Gasteiger partial charge on any atom is -0.480 e. The van der Waals surface area contributed by atoms with Gasteiger partial charge in [-0.25, -0.2) is 0 Å². The first-order valence-electron chi connectivity index (χ1n) is 9.46. The number of hydrogen-bond donors (Lipinski definition) is 2. The van der Waals surface area contributed by atoms with Gasteiger partial charge in [0.05, 0.1) is 15.5 Å². The molecule has 1 unspecified atom stereocenters. The summed E-state index contributed by atoms with van der Waals surface area (Å²) < 4.78 is 0. The standard InChI is InChI=1S/C22H23Cl2NO3S/c1-12(2)14-6-4-5-7-16(14)29-17-9-8-15(18(23)19(17)24)22(10-11-22)21(28)25-13(3)20(26)27/h4-9,12-13H,10-11H2,1-3H3,(H,25,28)(H,26,27). The van der Waals surface area contributed by atoms with Gasteiger partial charge in [-0.1, -0.05) is 73.1 Å². The normalized spacial score (nSPS) is 15.8. The van der Waals surface area contributed by atoms with E-state index < -0.39 is 17.4 Å². The molecule has 1 aliphatic carbocycles. The Hall–Kier alpha value is -1.69. The third kappa shape index (κ3) is 4.42. The van der Waals surface area contributed by atoms with Crippen LogP contribution >= 0.6 is 35.0 Å². The summed E-state index contributed by atoms with van der Waals surface area (Å²) in [6.45, 7) is 5.73. The van der Waals surface area contributed by atoms with E-state index in [1.54, 1.807) is 11.8 Å². The lowest BCUT2D eigenvalue weighted by Gasteiger charge is -2.21. The van der Waals surface area contributed by atoms with Crippen LogP contribution in [-0.4, -0.2) is 23.0 Å². The molecule has 4 nitrogen and oxygen atoms in total. The molecule has 0 saturated heterocycles. The van der Waals surface area contributed by atoms with E-state index in [1.165, 1.54) is 12.5 Å². The molecule has 0 bridgehead atoms. The molecule has 0 heterocycles. The lowest BCUT2D eigenvalue weighted by Crippen LogP contribution is -2.44. The van der Waals surface area contributed by atoms with Gasteiger partial charge in [0.2, 0.25) is 5.91 Å². The Morgan fingerprint density at radius 2 is 1.69 bits per heavy atom. The maximum atomic E-state index is 12.7. The lowest BCUT2D eigenvalue weighted by molar-refractivity contribution is -0.141. The molecule has 1 aliphatic rings. The summed E-state index contributed by atoms with van der Waals surface area (Å²) in [5.41, 5.74) is 1.08. The van der Waals surface area contributed by atoms with Crippen molar-refractivity contribution in [2.45, 2.75) is 60.8 Å². The van der Waals surface area contributed by atoms with E-state index in [4.69, 9.17) is 28.3 Å². The summed E-state index contributed by atoms with van der Waals surface area (Å²) in [6, 6.07) is 10.9. The van der Waals surface area contributed by atoms with Gasteiger partial charge in [-0.05, 0) is 48.9 Å². The van der Waals surface area contributed by atoms with Crippen molar-refractivity contribution < 1.29 is 14.7 Å². The minimum atomic E-state index is -1.08. The molecule has 2 aromatic carbocycles. The summed E-state index contributed by atoms with van der Waals surface area (Å²) in [5, 5.41) is 12.4. The molecule has 3 rings (SSSR count). The first-order chi connectivity index (χ1) is 13.7. The van der Waals surface area contributed by atoms with Crippen molar-refractivity contribution in [3.05, 3.63) is 57.6 Å². The second-order valence-electron chi connectivity index (χ2n) is 7.65. The van der Waals surface area contributed by atoms with Gasteiger partial charge in [0, 0.05) is 9.79 Å². The zero-order valence-electron chi connectivity index (χ0n) is 16.5. The molecule has 1 fully saturated rings. The van der Waals surface area contributed by atoms with E-state index in [2.05, 4.69) is 31.3 Å². The maximum absolute atomic E-state index is 12.7. The van der Waals surface area contributed by atoms with E-state index in [1.807, 2.05) is 24.3 Å². The van der Waals surface area contributed by atoms with E-state index >= 15 is 0 Å². The molecule has 1 amide bonds. The Labute approximate surface area is 185 Å². The van der Waals surface area contributed by atoms with Gasteiger partial charge < -0.3 is 10.4 Å². The highest BCUT2D eigenvalue weighted by Gasteiger charge is 2.53. The second kappa shape index (κ2) is 8.58. The second-order valence-corrected chi connectivity index (χ2v) is 9.49. The molecule has 1 atom stereocenters. The summed E-state index contributed by atoms with van der Waals surface area (Å²) in [4.78, 5) is 25.7. The number of carbonyl (C=O) groups is 2. The molecule has 0 radical (unpaired) electrons. The van der Waals surface area contributed by atoms with E-state index in [9.17, 15) is 9.59 Å². The number of nitrogens with one attached hydrogen (secondary N) is 1. The van der Waals surface area contributed by atoms with Crippen LogP contribution in [0.4, 0.5) is 0 Å². The summed E-state index contributed by atoms with van der Waals surface area (Å²) in [7, 11) is 0. The highest BCUT2D eigenvalue weighted by atomic mass is 35.5. The number of rotatable bonds is 7. The number of carboxylic acids is 1. The van der Waals surface area contributed by atoms with Crippen LogP contribution in [0.2, 0.25) is 10.0 Å². The van der Waals surface area contributed by atoms with Gasteiger partial charge in [-0.15, -0.1) is 0 Å². The number of amides is 1. The largest absolute Gasteiger partial charge is 0.480 e. The molecule has 0 aliphatic heterocycles. The van der Waals surface area contributed by atoms with Gasteiger partial charge >= 0.3 is 5.97 Å². The number of benzene rings is 2. The number of aliphatic carboxylic acids is 1. The fourth-order valence-corrected chi connectivity index (χ4v) is 5.10. The van der Waals surface area contributed by atoms with Crippen LogP contribution in [0, 0.1) is 0 Å². The third-order valence-electron chi connectivity index (χ3n) is 5.23. The quantitative estimate of drug-likeness (QED) is 0.550. The van der Waals surface area contributed by atoms with Crippen LogP contribution in [0.1, 0.15) is 50.7 Å². The summed E-state index contributed by atoms with van der Waals surface area (Å²) >= 11 is 14.7. The van der Waals surface area contributed by atoms with Crippen LogP contribution < -0.4 is 5.32 Å². The van der Waals surface area contributed by atoms with Gasteiger partial charge in [-0.2, -0.15) is 0 Å². The van der Waals surface area contributed by atoms with E-state index in [-0.39, 0.29) is 5.91 Å². The van der Waals surface area contributed by atoms with Gasteiger partial charge in [0.15, 0.2) is 0 Å². The molecular weight excluding hydrogens is 429 g/mol. The Balaban J connectivity index is 1.89. The highest BCUT2D eigenvalue weighted by Crippen LogP contribution is 2.53. The number of carbonyl (C=O) groups excluding carboxylic acids is 1. The summed E-state index contributed by atoms with van der Waals surface area (Å²) in [6.07, 6.45) is 1.23. The Bertz CT molecular complexity index is 957. The Morgan fingerprint density at radius 3 is 2.28 bits per heavy atom. The topological polar surface area (TPSA) is 66.4 Å². The Morgan fingerprint density at radius 1 is 1.03 bits per heavy atom. The molecule has 2 aromatic rings. The average Bonchev–Trinajstić information content (AvgIpc) is 3.47. The van der Waals surface area contributed by atoms with E-state index in [0.29, 0.717) is 34.4 Å². The van der Waals surface area contributed by atoms with Gasteiger partial charge in [-0.3, -0.25) is 9.59 Å². The van der Waals surface area contributed by atoms with Crippen molar-refractivity contribution in [1.29, 1.82) is 0 Å². The molecule has 0 spiro atoms. The lowest BCUT2D eigenvalue weighted by atomic mass is 9.94. The van der Waals surface area contributed by atoms with Gasteiger partial charge in [0.25, 0.3) is 0 Å². The summed E-state index contributed by atoms with van der Waals surface area (Å²) in [5.74, 6) is -1.02. The first-order valence-corrected chi connectivity index (χ1v) is 11.0. The van der Waals surface area contributed by atoms with E-state index in [0.717, 1.165) is 9.79 Å². The first kappa shape index (κ1) is 22.0. The minimum absolute atomic E-state index is 0.323. The molecular formula is C22H23Cl2NO3S. The van der Waals surface area contributed by atoms with Crippen molar-refractivity contribution in [2.75, 3.05) is 0 Å². The highest BCUT2D eigenvalue weighted by molar-refractivity contribution is 7.99. The average molecular weight is 452 g/mol. The van der Waals surface area contributed by atoms with Crippen LogP contribution in [0.25, 0.3) is 0 Å². The third-order valence-corrected chi connectivity index (χ3v) is 7.37. The van der Waals surface area contributed by atoms with Crippen molar-refractivity contribution in [1.82, 2.24) is 5.32 Å². The van der Waals surface area contributed by atoms with Crippen LogP contribution in [0.3, 0.4) is 0 Å². The van der Waals surface area contributed by atoms with Crippen LogP contribution in [-0.2, 0) is 15.0 Å². The molecule has 0 aromatic heterocycles. The van der Waals surface area contributed by atoms with Crippen molar-refractivity contribution in [3.63, 3.8) is 0 Å². The fourth-order valence-electron chi connectivity index (χ4n) is 3.29. The van der Waals surface area contributed by atoms with Crippen molar-refractivity contribution in [2.24, 2.45) is 0 Å². The van der Waals surface area contributed by atoms with Gasteiger partial charge in [0.1, 0.15) is 6.04 Å². The zero-order valence-corrected chi connectivity index (χ0v) is 18.8. The number of hydrogen-bond acceptors (Lipinski definition) is 3. The Kier molecular flexibility index (Phi) is 6.51. The van der Waals surface area contributed by atoms with Crippen molar-refractivity contribution >= 4 is 46.8 Å². The molecule has 1 saturated carbocycles. The maximum Gasteiger partial charge on any atom is 0.325 e. The molecule has 2 N–H and O–H groups in total. The smallest absolute Gasteiger partial charge is 0.325 e. The fraction of sp³-hybridized carbons (Fsp3) is 0.364. The monoisotopic (exact) mass is 451 g/mol. The SMILES string of the molecule is CC(NC(=O)C1(c2ccc(Sc3ccccc3C(C)C)c(Cl)c2Cl)CC1)C(=O)O.